The Kier molecular flexibility index (Phi) is 9.31. The second kappa shape index (κ2) is 10.7. The van der Waals surface area contributed by atoms with Crippen LogP contribution in [0.4, 0.5) is 0 Å². The second-order valence-electron chi connectivity index (χ2n) is 5.59. The summed E-state index contributed by atoms with van der Waals surface area (Å²) in [5, 5.41) is 19.2. The van der Waals surface area contributed by atoms with E-state index in [1.54, 1.807) is 18.3 Å². The largest absolute Gasteiger partial charge is 0.384 e. The van der Waals surface area contributed by atoms with Crippen LogP contribution in [0, 0.1) is 0 Å². The molecule has 1 aromatic heterocycles. The summed E-state index contributed by atoms with van der Waals surface area (Å²) in [7, 11) is 0. The number of nitrogens with one attached hydrogen (secondary N) is 2. The first-order chi connectivity index (χ1) is 11.1. The number of thiophene rings is 1. The summed E-state index contributed by atoms with van der Waals surface area (Å²) in [4.78, 5) is 5.88. The Morgan fingerprint density at radius 1 is 1.17 bits per heavy atom. The molecular weight excluding hydrogens is 433 g/mol. The normalized spacial score (nSPS) is 13.7. The second-order valence-corrected chi connectivity index (χ2v) is 6.62. The first-order valence-electron chi connectivity index (χ1n) is 7.94. The standard InChI is InChI=1S/C18H25N3OS.HI/c1-3-19-17(20-12-11-16-10-7-13-23-16)21-14-18(2,22)15-8-5-4-6-9-15;/h4-10,13,22H,3,11-12,14H2,1-2H3,(H2,19,20,21);1H. The van der Waals surface area contributed by atoms with Gasteiger partial charge in [-0.05, 0) is 37.3 Å². The molecule has 0 radical (unpaired) electrons. The molecule has 1 atom stereocenters. The van der Waals surface area contributed by atoms with Crippen molar-refractivity contribution < 1.29 is 5.11 Å². The molecule has 0 aliphatic rings. The number of aliphatic imine (C=N–C) groups is 1. The van der Waals surface area contributed by atoms with Crippen molar-refractivity contribution in [1.82, 2.24) is 10.6 Å². The third-order valence-electron chi connectivity index (χ3n) is 3.53. The monoisotopic (exact) mass is 459 g/mol. The van der Waals surface area contributed by atoms with Crippen LogP contribution in [0.2, 0.25) is 0 Å². The Hall–Kier alpha value is -1.12. The van der Waals surface area contributed by atoms with Gasteiger partial charge in [0.2, 0.25) is 0 Å². The van der Waals surface area contributed by atoms with Crippen LogP contribution in [0.5, 0.6) is 0 Å². The molecule has 0 aliphatic carbocycles. The molecule has 1 aromatic carbocycles. The fraction of sp³-hybridized carbons (Fsp3) is 0.389. The molecule has 132 valence electrons. The number of nitrogens with zero attached hydrogens (tertiary/aromatic N) is 1. The minimum absolute atomic E-state index is 0. The van der Waals surface area contributed by atoms with Gasteiger partial charge in [0.05, 0.1) is 6.54 Å². The first-order valence-corrected chi connectivity index (χ1v) is 8.82. The minimum atomic E-state index is -0.975. The maximum atomic E-state index is 10.6. The van der Waals surface area contributed by atoms with Crippen molar-refractivity contribution in [1.29, 1.82) is 0 Å². The molecule has 0 bridgehead atoms. The lowest BCUT2D eigenvalue weighted by Gasteiger charge is -2.22. The van der Waals surface area contributed by atoms with Gasteiger partial charge in [-0.1, -0.05) is 36.4 Å². The maximum Gasteiger partial charge on any atom is 0.191 e. The summed E-state index contributed by atoms with van der Waals surface area (Å²) >= 11 is 1.76. The highest BCUT2D eigenvalue weighted by molar-refractivity contribution is 14.0. The summed E-state index contributed by atoms with van der Waals surface area (Å²) in [6.07, 6.45) is 0.969. The average molecular weight is 459 g/mol. The molecule has 24 heavy (non-hydrogen) atoms. The van der Waals surface area contributed by atoms with Crippen molar-refractivity contribution in [3.8, 4) is 0 Å². The molecule has 6 heteroatoms. The third kappa shape index (κ3) is 6.78. The number of rotatable bonds is 7. The summed E-state index contributed by atoms with van der Waals surface area (Å²) < 4.78 is 0. The smallest absolute Gasteiger partial charge is 0.191 e. The van der Waals surface area contributed by atoms with E-state index >= 15 is 0 Å². The molecule has 1 unspecified atom stereocenters. The summed E-state index contributed by atoms with van der Waals surface area (Å²) in [6.45, 7) is 5.75. The molecule has 0 amide bonds. The maximum absolute atomic E-state index is 10.6. The Labute approximate surface area is 165 Å². The van der Waals surface area contributed by atoms with Gasteiger partial charge in [-0.3, -0.25) is 0 Å². The lowest BCUT2D eigenvalue weighted by Crippen LogP contribution is -2.39. The van der Waals surface area contributed by atoms with Gasteiger partial charge in [0.1, 0.15) is 5.60 Å². The van der Waals surface area contributed by atoms with Crippen molar-refractivity contribution in [3.63, 3.8) is 0 Å². The predicted octanol–water partition coefficient (Wildman–Crippen LogP) is 3.37. The number of benzene rings is 1. The van der Waals surface area contributed by atoms with E-state index in [0.29, 0.717) is 6.54 Å². The third-order valence-corrected chi connectivity index (χ3v) is 4.47. The highest BCUT2D eigenvalue weighted by Gasteiger charge is 2.22. The predicted molar refractivity (Wildman–Crippen MR) is 113 cm³/mol. The zero-order valence-electron chi connectivity index (χ0n) is 14.2. The molecule has 0 saturated heterocycles. The van der Waals surface area contributed by atoms with Crippen LogP contribution in [0.25, 0.3) is 0 Å². The quantitative estimate of drug-likeness (QED) is 0.338. The first kappa shape index (κ1) is 20.9. The summed E-state index contributed by atoms with van der Waals surface area (Å²) in [5.41, 5.74) is -0.102. The van der Waals surface area contributed by atoms with Crippen molar-refractivity contribution in [3.05, 3.63) is 58.3 Å². The Balaban J connectivity index is 0.00000288. The molecular formula is C18H26IN3OS. The van der Waals surface area contributed by atoms with Crippen molar-refractivity contribution in [2.75, 3.05) is 19.6 Å². The number of halogens is 1. The molecule has 1 heterocycles. The number of hydrogen-bond donors (Lipinski definition) is 3. The average Bonchev–Trinajstić information content (AvgIpc) is 3.07. The molecule has 3 N–H and O–H groups in total. The Morgan fingerprint density at radius 2 is 1.92 bits per heavy atom. The van der Waals surface area contributed by atoms with Gasteiger partial charge in [0.25, 0.3) is 0 Å². The molecule has 0 fully saturated rings. The van der Waals surface area contributed by atoms with E-state index in [4.69, 9.17) is 0 Å². The fourth-order valence-corrected chi connectivity index (χ4v) is 2.93. The molecule has 4 nitrogen and oxygen atoms in total. The lowest BCUT2D eigenvalue weighted by atomic mass is 9.96. The van der Waals surface area contributed by atoms with Gasteiger partial charge >= 0.3 is 0 Å². The van der Waals surface area contributed by atoms with Crippen LogP contribution >= 0.6 is 35.3 Å². The molecule has 0 aliphatic heterocycles. The minimum Gasteiger partial charge on any atom is -0.384 e. The van der Waals surface area contributed by atoms with E-state index in [0.717, 1.165) is 31.0 Å². The van der Waals surface area contributed by atoms with E-state index < -0.39 is 5.60 Å². The lowest BCUT2D eigenvalue weighted by molar-refractivity contribution is 0.0672. The number of hydrogen-bond acceptors (Lipinski definition) is 3. The van der Waals surface area contributed by atoms with Crippen molar-refractivity contribution in [2.24, 2.45) is 4.99 Å². The summed E-state index contributed by atoms with van der Waals surface area (Å²) in [6, 6.07) is 13.8. The van der Waals surface area contributed by atoms with Gasteiger partial charge in [-0.15, -0.1) is 35.3 Å². The van der Waals surface area contributed by atoms with Gasteiger partial charge < -0.3 is 15.7 Å². The van der Waals surface area contributed by atoms with E-state index in [1.807, 2.05) is 37.3 Å². The Bertz CT molecular complexity index is 600. The van der Waals surface area contributed by atoms with E-state index in [1.165, 1.54) is 4.88 Å². The van der Waals surface area contributed by atoms with Gasteiger partial charge in [0.15, 0.2) is 5.96 Å². The van der Waals surface area contributed by atoms with E-state index in [9.17, 15) is 5.11 Å². The fourth-order valence-electron chi connectivity index (χ4n) is 2.22. The topological polar surface area (TPSA) is 56.7 Å². The van der Waals surface area contributed by atoms with Crippen LogP contribution in [0.3, 0.4) is 0 Å². The zero-order chi connectivity index (χ0) is 16.5. The van der Waals surface area contributed by atoms with Crippen LogP contribution < -0.4 is 10.6 Å². The molecule has 0 spiro atoms. The van der Waals surface area contributed by atoms with Crippen molar-refractivity contribution in [2.45, 2.75) is 25.9 Å². The Morgan fingerprint density at radius 3 is 2.54 bits per heavy atom. The van der Waals surface area contributed by atoms with Gasteiger partial charge in [-0.2, -0.15) is 0 Å². The van der Waals surface area contributed by atoms with Crippen molar-refractivity contribution >= 4 is 41.3 Å². The number of guanidine groups is 1. The van der Waals surface area contributed by atoms with Gasteiger partial charge in [0, 0.05) is 18.0 Å². The SMILES string of the molecule is CCNC(=NCC(C)(O)c1ccccc1)NCCc1cccs1.I. The van der Waals surface area contributed by atoms with E-state index in [-0.39, 0.29) is 24.0 Å². The van der Waals surface area contributed by atoms with Gasteiger partial charge in [-0.25, -0.2) is 4.99 Å². The molecule has 2 rings (SSSR count). The molecule has 2 aromatic rings. The number of aliphatic hydroxyl groups is 1. The molecule has 0 saturated carbocycles. The highest BCUT2D eigenvalue weighted by atomic mass is 127. The van der Waals surface area contributed by atoms with Crippen LogP contribution in [-0.2, 0) is 12.0 Å². The zero-order valence-corrected chi connectivity index (χ0v) is 17.3. The highest BCUT2D eigenvalue weighted by Crippen LogP contribution is 2.20. The summed E-state index contributed by atoms with van der Waals surface area (Å²) in [5.74, 6) is 0.736. The van der Waals surface area contributed by atoms with Crippen LogP contribution in [0.15, 0.2) is 52.8 Å². The van der Waals surface area contributed by atoms with Crippen LogP contribution in [0.1, 0.15) is 24.3 Å². The van der Waals surface area contributed by atoms with Crippen LogP contribution in [-0.4, -0.2) is 30.7 Å². The van der Waals surface area contributed by atoms with E-state index in [2.05, 4.69) is 33.1 Å².